The van der Waals surface area contributed by atoms with Crippen molar-refractivity contribution in [3.05, 3.63) is 40.3 Å². The maximum absolute atomic E-state index is 12.0. The highest BCUT2D eigenvalue weighted by Crippen LogP contribution is 2.28. The summed E-state index contributed by atoms with van der Waals surface area (Å²) in [5, 5.41) is 12.3. The van der Waals surface area contributed by atoms with Crippen molar-refractivity contribution in [3.8, 4) is 6.07 Å². The Morgan fingerprint density at radius 2 is 2.00 bits per heavy atom. The standard InChI is InChI=1S/C16H15N3OS/c17-10-12-7-5-11(6-8-12)9-14-15(20)19-16(21-14)18-13-3-1-2-4-13/h5-9,13H,1-4H2,(H,18,19,20). The molecule has 5 heteroatoms. The summed E-state index contributed by atoms with van der Waals surface area (Å²) in [7, 11) is 0. The highest BCUT2D eigenvalue weighted by molar-refractivity contribution is 8.18. The first kappa shape index (κ1) is 13.9. The average molecular weight is 297 g/mol. The van der Waals surface area contributed by atoms with Gasteiger partial charge < -0.3 is 5.32 Å². The fourth-order valence-electron chi connectivity index (χ4n) is 2.49. The van der Waals surface area contributed by atoms with E-state index in [1.807, 2.05) is 18.2 Å². The molecule has 1 amide bonds. The minimum absolute atomic E-state index is 0.0962. The maximum Gasteiger partial charge on any atom is 0.264 e. The molecule has 0 radical (unpaired) electrons. The highest BCUT2D eigenvalue weighted by Gasteiger charge is 2.25. The lowest BCUT2D eigenvalue weighted by Gasteiger charge is -2.02. The summed E-state index contributed by atoms with van der Waals surface area (Å²) in [4.78, 5) is 17.2. The molecule has 1 aromatic rings. The molecule has 1 N–H and O–H groups in total. The van der Waals surface area contributed by atoms with Crippen molar-refractivity contribution >= 4 is 28.9 Å². The summed E-state index contributed by atoms with van der Waals surface area (Å²) in [5.41, 5.74) is 1.53. The molecule has 2 fully saturated rings. The van der Waals surface area contributed by atoms with Crippen LogP contribution in [0.3, 0.4) is 0 Å². The molecule has 1 aliphatic carbocycles. The normalized spacial score (nSPS) is 22.7. The Morgan fingerprint density at radius 1 is 1.29 bits per heavy atom. The molecule has 4 nitrogen and oxygen atoms in total. The molecule has 0 unspecified atom stereocenters. The summed E-state index contributed by atoms with van der Waals surface area (Å²) in [6, 6.07) is 9.62. The van der Waals surface area contributed by atoms with E-state index in [0.717, 1.165) is 18.4 Å². The minimum atomic E-state index is -0.0962. The Kier molecular flexibility index (Phi) is 4.07. The predicted molar refractivity (Wildman–Crippen MR) is 84.6 cm³/mol. The smallest absolute Gasteiger partial charge is 0.264 e. The third-order valence-electron chi connectivity index (χ3n) is 3.61. The van der Waals surface area contributed by atoms with Crippen LogP contribution in [0.25, 0.3) is 6.08 Å². The zero-order valence-corrected chi connectivity index (χ0v) is 12.3. The van der Waals surface area contributed by atoms with Crippen LogP contribution in [-0.4, -0.2) is 17.1 Å². The van der Waals surface area contributed by atoms with Gasteiger partial charge in [-0.05, 0) is 48.4 Å². The molecule has 0 spiro atoms. The van der Waals surface area contributed by atoms with Crippen molar-refractivity contribution in [2.75, 3.05) is 0 Å². The number of carbonyl (C=O) groups excluding carboxylic acids is 1. The van der Waals surface area contributed by atoms with Crippen LogP contribution in [0.4, 0.5) is 0 Å². The van der Waals surface area contributed by atoms with Crippen LogP contribution < -0.4 is 5.32 Å². The number of nitrogens with zero attached hydrogens (tertiary/aromatic N) is 2. The van der Waals surface area contributed by atoms with Gasteiger partial charge in [0, 0.05) is 0 Å². The molecule has 1 heterocycles. The van der Waals surface area contributed by atoms with Gasteiger partial charge in [-0.25, -0.2) is 0 Å². The van der Waals surface area contributed by atoms with Gasteiger partial charge in [0.25, 0.3) is 5.91 Å². The number of amides is 1. The molecule has 1 saturated heterocycles. The monoisotopic (exact) mass is 297 g/mol. The first-order valence-electron chi connectivity index (χ1n) is 7.03. The number of amidine groups is 1. The van der Waals surface area contributed by atoms with Gasteiger partial charge in [0.1, 0.15) is 0 Å². The van der Waals surface area contributed by atoms with Gasteiger partial charge in [0.05, 0.1) is 22.6 Å². The van der Waals surface area contributed by atoms with Crippen molar-refractivity contribution in [2.45, 2.75) is 31.7 Å². The van der Waals surface area contributed by atoms with E-state index >= 15 is 0 Å². The van der Waals surface area contributed by atoms with E-state index in [9.17, 15) is 4.79 Å². The molecule has 21 heavy (non-hydrogen) atoms. The van der Waals surface area contributed by atoms with Gasteiger partial charge in [-0.3, -0.25) is 9.79 Å². The zero-order valence-electron chi connectivity index (χ0n) is 11.5. The second-order valence-electron chi connectivity index (χ2n) is 5.17. The van der Waals surface area contributed by atoms with Gasteiger partial charge in [-0.2, -0.15) is 5.26 Å². The number of hydrogen-bond donors (Lipinski definition) is 1. The quantitative estimate of drug-likeness (QED) is 0.853. The molecule has 106 valence electrons. The van der Waals surface area contributed by atoms with Crippen molar-refractivity contribution < 1.29 is 4.79 Å². The Labute approximate surface area is 128 Å². The molecule has 3 rings (SSSR count). The Hall–Kier alpha value is -2.06. The average Bonchev–Trinajstić information content (AvgIpc) is 3.11. The summed E-state index contributed by atoms with van der Waals surface area (Å²) in [6.07, 6.45) is 6.53. The van der Waals surface area contributed by atoms with Gasteiger partial charge in [-0.15, -0.1) is 0 Å². The van der Waals surface area contributed by atoms with Crippen LogP contribution in [0.5, 0.6) is 0 Å². The number of aliphatic imine (C=N–C) groups is 1. The van der Waals surface area contributed by atoms with E-state index < -0.39 is 0 Å². The summed E-state index contributed by atoms with van der Waals surface area (Å²) in [6.45, 7) is 0. The fraction of sp³-hybridized carbons (Fsp3) is 0.312. The highest BCUT2D eigenvalue weighted by atomic mass is 32.2. The maximum atomic E-state index is 12.0. The van der Waals surface area contributed by atoms with E-state index in [1.165, 1.54) is 24.6 Å². The van der Waals surface area contributed by atoms with E-state index in [4.69, 9.17) is 5.26 Å². The molecule has 0 atom stereocenters. The van der Waals surface area contributed by atoms with Crippen LogP contribution >= 0.6 is 11.8 Å². The lowest BCUT2D eigenvalue weighted by atomic mass is 10.1. The van der Waals surface area contributed by atoms with Gasteiger partial charge in [-0.1, -0.05) is 25.0 Å². The van der Waals surface area contributed by atoms with E-state index in [-0.39, 0.29) is 5.91 Å². The number of hydrogen-bond acceptors (Lipinski definition) is 4. The molecule has 2 aliphatic rings. The van der Waals surface area contributed by atoms with E-state index in [0.29, 0.717) is 21.7 Å². The van der Waals surface area contributed by atoms with Crippen LogP contribution in [0.2, 0.25) is 0 Å². The minimum Gasteiger partial charge on any atom is -0.301 e. The molecular formula is C16H15N3OS. The Balaban J connectivity index is 1.74. The zero-order chi connectivity index (χ0) is 14.7. The number of nitriles is 1. The van der Waals surface area contributed by atoms with E-state index in [2.05, 4.69) is 16.4 Å². The SMILES string of the molecule is N#Cc1ccc(C=C2SC(=NC3CCCC3)NC2=O)cc1. The fourth-order valence-corrected chi connectivity index (χ4v) is 3.39. The molecular weight excluding hydrogens is 282 g/mol. The first-order valence-corrected chi connectivity index (χ1v) is 7.85. The third-order valence-corrected chi connectivity index (χ3v) is 4.54. The van der Waals surface area contributed by atoms with Crippen molar-refractivity contribution in [3.63, 3.8) is 0 Å². The number of nitrogens with one attached hydrogen (secondary N) is 1. The Bertz CT molecular complexity index is 649. The second kappa shape index (κ2) is 6.15. The molecule has 1 aliphatic heterocycles. The van der Waals surface area contributed by atoms with E-state index in [1.54, 1.807) is 12.1 Å². The molecule has 0 bridgehead atoms. The lowest BCUT2D eigenvalue weighted by Crippen LogP contribution is -2.21. The first-order chi connectivity index (χ1) is 10.2. The largest absolute Gasteiger partial charge is 0.301 e. The van der Waals surface area contributed by atoms with Gasteiger partial charge in [0.2, 0.25) is 0 Å². The number of benzene rings is 1. The second-order valence-corrected chi connectivity index (χ2v) is 6.20. The van der Waals surface area contributed by atoms with Crippen LogP contribution in [-0.2, 0) is 4.79 Å². The van der Waals surface area contributed by atoms with Crippen molar-refractivity contribution in [1.82, 2.24) is 5.32 Å². The van der Waals surface area contributed by atoms with Crippen molar-refractivity contribution in [2.24, 2.45) is 4.99 Å². The van der Waals surface area contributed by atoms with Gasteiger partial charge in [0.15, 0.2) is 5.17 Å². The topological polar surface area (TPSA) is 65.2 Å². The number of thioether (sulfide) groups is 1. The summed E-state index contributed by atoms with van der Waals surface area (Å²) >= 11 is 1.40. The molecule has 1 aromatic carbocycles. The van der Waals surface area contributed by atoms with Crippen molar-refractivity contribution in [1.29, 1.82) is 5.26 Å². The lowest BCUT2D eigenvalue weighted by molar-refractivity contribution is -0.115. The number of carbonyl (C=O) groups is 1. The molecule has 1 saturated carbocycles. The Morgan fingerprint density at radius 3 is 2.67 bits per heavy atom. The van der Waals surface area contributed by atoms with Gasteiger partial charge >= 0.3 is 0 Å². The molecule has 0 aromatic heterocycles. The summed E-state index contributed by atoms with van der Waals surface area (Å²) < 4.78 is 0. The number of rotatable bonds is 2. The van der Waals surface area contributed by atoms with Crippen LogP contribution in [0, 0.1) is 11.3 Å². The van der Waals surface area contributed by atoms with Crippen LogP contribution in [0.15, 0.2) is 34.2 Å². The predicted octanol–water partition coefficient (Wildman–Crippen LogP) is 3.06. The third kappa shape index (κ3) is 3.34. The summed E-state index contributed by atoms with van der Waals surface area (Å²) in [5.74, 6) is -0.0962. The van der Waals surface area contributed by atoms with Crippen LogP contribution in [0.1, 0.15) is 36.8 Å².